The van der Waals surface area contributed by atoms with Gasteiger partial charge in [0.25, 0.3) is 0 Å². The van der Waals surface area contributed by atoms with Crippen molar-refractivity contribution in [2.45, 2.75) is 120 Å². The first-order chi connectivity index (χ1) is 19.0. The molecule has 0 aromatic heterocycles. The van der Waals surface area contributed by atoms with Gasteiger partial charge in [-0.1, -0.05) is 150 Å². The average molecular weight is 667 g/mol. The van der Waals surface area contributed by atoms with E-state index in [1.54, 1.807) is 0 Å². The molecule has 0 fully saturated rings. The molecule has 3 aromatic carbocycles. The van der Waals surface area contributed by atoms with Crippen LogP contribution in [0.15, 0.2) is 54.6 Å². The predicted molar refractivity (Wildman–Crippen MR) is 185 cm³/mol. The summed E-state index contributed by atoms with van der Waals surface area (Å²) in [4.78, 5) is 8.24. The van der Waals surface area contributed by atoms with Gasteiger partial charge in [-0.25, -0.2) is 0 Å². The summed E-state index contributed by atoms with van der Waals surface area (Å²) in [6.07, 6.45) is 0.500. The van der Waals surface area contributed by atoms with Gasteiger partial charge in [-0.3, -0.25) is 4.79 Å². The summed E-state index contributed by atoms with van der Waals surface area (Å²) in [5, 5.41) is 20.6. The Balaban J connectivity index is 0. The second-order valence-electron chi connectivity index (χ2n) is 14.0. The van der Waals surface area contributed by atoms with E-state index in [4.69, 9.17) is 10.2 Å². The molecule has 0 aliphatic heterocycles. The van der Waals surface area contributed by atoms with Gasteiger partial charge in [0.2, 0.25) is 0 Å². The molecule has 0 heterocycles. The summed E-state index contributed by atoms with van der Waals surface area (Å²) in [6.45, 7) is 31.7. The third kappa shape index (κ3) is 23.3. The number of carbonyl (C=O) groups excluding carboxylic acids is 1. The van der Waals surface area contributed by atoms with Crippen LogP contribution in [0.5, 0.6) is 0 Å². The molecule has 3 aromatic rings. The van der Waals surface area contributed by atoms with Crippen LogP contribution in [-0.4, -0.2) is 22.7 Å². The van der Waals surface area contributed by atoms with Gasteiger partial charge in [0.05, 0.1) is 0 Å². The molecule has 0 spiro atoms. The Hall–Kier alpha value is -2.87. The smallest absolute Gasteiger partial charge is 0.724 e. The van der Waals surface area contributed by atoms with Gasteiger partial charge >= 0.3 is 21.1 Å². The molecule has 0 unspecified atom stereocenters. The molecule has 0 radical (unpaired) electrons. The molecule has 3 rings (SSSR count). The van der Waals surface area contributed by atoms with Crippen molar-refractivity contribution >= 4 is 23.1 Å². The second-order valence-corrected chi connectivity index (χ2v) is 14.0. The van der Waals surface area contributed by atoms with Crippen molar-refractivity contribution in [2.75, 3.05) is 0 Å². The maximum Gasteiger partial charge on any atom is 4.00 e. The Bertz CT molecular complexity index is 1080. The number of rotatable bonds is 3. The fourth-order valence-electron chi connectivity index (χ4n) is 4.21. The minimum absolute atomic E-state index is 0. The number of hydrogen-bond acceptors (Lipinski definition) is 1. The van der Waals surface area contributed by atoms with Gasteiger partial charge in [0.15, 0.2) is 0 Å². The van der Waals surface area contributed by atoms with Crippen molar-refractivity contribution in [1.29, 1.82) is 0 Å². The van der Waals surface area contributed by atoms with Crippen LogP contribution in [0.25, 0.3) is 21.4 Å². The van der Waals surface area contributed by atoms with E-state index in [0.717, 1.165) is 17.1 Å². The van der Waals surface area contributed by atoms with Crippen molar-refractivity contribution in [1.82, 2.24) is 0 Å². The van der Waals surface area contributed by atoms with E-state index >= 15 is 0 Å². The molecule has 0 saturated heterocycles. The summed E-state index contributed by atoms with van der Waals surface area (Å²) >= 11 is 0. The van der Waals surface area contributed by atoms with Crippen LogP contribution in [0.2, 0.25) is 0 Å². The van der Waals surface area contributed by atoms with Crippen LogP contribution >= 0.6 is 0 Å². The van der Waals surface area contributed by atoms with E-state index < -0.39 is 0 Å². The van der Waals surface area contributed by atoms with Gasteiger partial charge < -0.3 is 21.4 Å². The summed E-state index contributed by atoms with van der Waals surface area (Å²) in [7, 11) is 0. The molecule has 0 aliphatic rings. The molecule has 234 valence electrons. The van der Waals surface area contributed by atoms with E-state index in [1.807, 2.05) is 0 Å². The van der Waals surface area contributed by atoms with Gasteiger partial charge in [-0.05, 0) is 47.6 Å². The quantitative estimate of drug-likeness (QED) is 0.156. The molecular formula is C37H54MoN4O. The molecule has 0 atom stereocenters. The molecule has 0 aliphatic carbocycles. The molecule has 43 heavy (non-hydrogen) atoms. The Kier molecular flexibility index (Phi) is 18.4. The third-order valence-corrected chi connectivity index (χ3v) is 5.01. The summed E-state index contributed by atoms with van der Waals surface area (Å²) in [6, 6.07) is 19.2. The van der Waals surface area contributed by atoms with Crippen LogP contribution in [0.1, 0.15) is 95.7 Å². The minimum Gasteiger partial charge on any atom is -0.724 e. The van der Waals surface area contributed by atoms with Crippen LogP contribution in [0.3, 0.4) is 0 Å². The SMILES string of the molecule is Cc1cc(C)cc([N-]C(C)(C)C)c1.Cc1cc(C)cc([N-]C(C)(C)C)c1.Cc1cc(C)cc([N-]C(C)(C)C)c1.[Mo+4].[N-]=C=O. The monoisotopic (exact) mass is 668 g/mol. The zero-order chi connectivity index (χ0) is 32.9. The summed E-state index contributed by atoms with van der Waals surface area (Å²) < 4.78 is 0. The first kappa shape index (κ1) is 42.3. The number of nitrogens with zero attached hydrogens (tertiary/aromatic N) is 4. The molecular weight excluding hydrogens is 612 g/mol. The van der Waals surface area contributed by atoms with Crippen LogP contribution < -0.4 is 0 Å². The van der Waals surface area contributed by atoms with E-state index in [0.29, 0.717) is 6.08 Å². The minimum atomic E-state index is 0. The Morgan fingerprint density at radius 2 is 0.581 bits per heavy atom. The standard InChI is InChI=1S/3C12H18N.CNO.Mo/c3*1-9-6-10(2)8-11(7-9)13-12(3,4)5;2-1-3;/h3*6-8H,1-5H3;;/q4*-1;+4. The van der Waals surface area contributed by atoms with Crippen LogP contribution in [0, 0.1) is 41.5 Å². The van der Waals surface area contributed by atoms with Gasteiger partial charge in [0.1, 0.15) is 0 Å². The maximum atomic E-state index is 8.24. The Labute approximate surface area is 277 Å². The number of hydrogen-bond donors (Lipinski definition) is 0. The molecule has 0 saturated carbocycles. The summed E-state index contributed by atoms with van der Waals surface area (Å²) in [5.74, 6) is 0. The molecule has 0 bridgehead atoms. The van der Waals surface area contributed by atoms with E-state index in [1.165, 1.54) is 33.4 Å². The fourth-order valence-corrected chi connectivity index (χ4v) is 4.21. The Morgan fingerprint density at radius 1 is 0.442 bits per heavy atom. The zero-order valence-electron chi connectivity index (χ0n) is 29.3. The van der Waals surface area contributed by atoms with E-state index in [2.05, 4.69) is 174 Å². The van der Waals surface area contributed by atoms with Crippen LogP contribution in [0.4, 0.5) is 17.1 Å². The topological polar surface area (TPSA) is 81.7 Å². The van der Waals surface area contributed by atoms with Gasteiger partial charge in [-0.15, -0.1) is 33.7 Å². The average Bonchev–Trinajstić information content (AvgIpc) is 2.69. The predicted octanol–water partition coefficient (Wildman–Crippen LogP) is 12.2. The zero-order valence-corrected chi connectivity index (χ0v) is 31.3. The summed E-state index contributed by atoms with van der Waals surface area (Å²) in [5.41, 5.74) is 11.0. The Morgan fingerprint density at radius 3 is 0.698 bits per heavy atom. The third-order valence-electron chi connectivity index (χ3n) is 5.01. The molecule has 0 amide bonds. The van der Waals surface area contributed by atoms with Crippen LogP contribution in [-0.2, 0) is 25.9 Å². The van der Waals surface area contributed by atoms with E-state index in [9.17, 15) is 0 Å². The van der Waals surface area contributed by atoms with Gasteiger partial charge in [0, 0.05) is 0 Å². The second kappa shape index (κ2) is 18.7. The molecule has 5 nitrogen and oxygen atoms in total. The number of aryl methyl sites for hydroxylation is 6. The van der Waals surface area contributed by atoms with Crippen molar-refractivity contribution in [3.63, 3.8) is 0 Å². The first-order valence-electron chi connectivity index (χ1n) is 14.5. The molecule has 6 heteroatoms. The van der Waals surface area contributed by atoms with Gasteiger partial charge in [-0.2, -0.15) is 0 Å². The number of benzene rings is 3. The normalized spacial score (nSPS) is 10.6. The first-order valence-corrected chi connectivity index (χ1v) is 14.5. The van der Waals surface area contributed by atoms with Crippen molar-refractivity contribution in [3.05, 3.63) is 109 Å². The number of isocyanates is 1. The van der Waals surface area contributed by atoms with Crippen molar-refractivity contribution < 1.29 is 25.9 Å². The van der Waals surface area contributed by atoms with Crippen molar-refractivity contribution in [3.8, 4) is 0 Å². The largest absolute Gasteiger partial charge is 4.00 e. The molecule has 0 N–H and O–H groups in total. The van der Waals surface area contributed by atoms with E-state index in [-0.39, 0.29) is 37.7 Å². The fraction of sp³-hybridized carbons (Fsp3) is 0.486. The van der Waals surface area contributed by atoms with Crippen molar-refractivity contribution in [2.24, 2.45) is 0 Å². The maximum absolute atomic E-state index is 8.24.